The van der Waals surface area contributed by atoms with Crippen LogP contribution in [-0.2, 0) is 0 Å². The molecule has 0 aliphatic carbocycles. The molecule has 0 aliphatic rings. The van der Waals surface area contributed by atoms with Gasteiger partial charge in [-0.25, -0.2) is 0 Å². The van der Waals surface area contributed by atoms with Crippen LogP contribution in [0, 0.1) is 0 Å². The fraction of sp³-hybridized carbons (Fsp3) is 0.294. The summed E-state index contributed by atoms with van der Waals surface area (Å²) in [5.41, 5.74) is 2.65. The number of nitrogens with one attached hydrogen (secondary N) is 1. The van der Waals surface area contributed by atoms with Crippen LogP contribution in [0.3, 0.4) is 0 Å². The molecule has 0 heterocycles. The Balaban J connectivity index is 2.10. The molecular formula is C17H21NO. The zero-order valence-electron chi connectivity index (χ0n) is 11.1. The van der Waals surface area contributed by atoms with Gasteiger partial charge in [0, 0.05) is 19.1 Å². The first-order chi connectivity index (χ1) is 9.42. The van der Waals surface area contributed by atoms with E-state index in [1.54, 1.807) is 0 Å². The first-order valence-electron chi connectivity index (χ1n) is 6.83. The maximum absolute atomic E-state index is 8.83. The molecule has 0 amide bonds. The molecule has 2 N–H and O–H groups in total. The Morgan fingerprint density at radius 1 is 0.842 bits per heavy atom. The molecule has 2 heteroatoms. The summed E-state index contributed by atoms with van der Waals surface area (Å²) in [5, 5.41) is 12.2. The monoisotopic (exact) mass is 255 g/mol. The van der Waals surface area contributed by atoms with Crippen LogP contribution in [0.4, 0.5) is 0 Å². The van der Waals surface area contributed by atoms with Gasteiger partial charge in [-0.2, -0.15) is 0 Å². The summed E-state index contributed by atoms with van der Waals surface area (Å²) in [4.78, 5) is 0. The van der Waals surface area contributed by atoms with Crippen molar-refractivity contribution in [3.8, 4) is 0 Å². The first-order valence-corrected chi connectivity index (χ1v) is 6.83. The van der Waals surface area contributed by atoms with Crippen molar-refractivity contribution in [2.75, 3.05) is 19.7 Å². The summed E-state index contributed by atoms with van der Waals surface area (Å²) < 4.78 is 0. The van der Waals surface area contributed by atoms with E-state index in [-0.39, 0.29) is 6.61 Å². The molecule has 0 saturated carbocycles. The minimum Gasteiger partial charge on any atom is -0.396 e. The van der Waals surface area contributed by atoms with Gasteiger partial charge in [0.1, 0.15) is 0 Å². The lowest BCUT2D eigenvalue weighted by Crippen LogP contribution is -2.24. The highest BCUT2D eigenvalue weighted by Gasteiger charge is 2.12. The number of hydrogen-bond acceptors (Lipinski definition) is 2. The quantitative estimate of drug-likeness (QED) is 0.746. The standard InChI is InChI=1S/C17H21NO/c19-13-7-12-18-14-17(15-8-3-1-4-9-15)16-10-5-2-6-11-16/h1-6,8-11,17-19H,7,12-14H2. The Morgan fingerprint density at radius 3 is 1.84 bits per heavy atom. The fourth-order valence-corrected chi connectivity index (χ4v) is 2.25. The second-order valence-corrected chi connectivity index (χ2v) is 4.66. The summed E-state index contributed by atoms with van der Waals surface area (Å²) >= 11 is 0. The Bertz CT molecular complexity index is 416. The predicted molar refractivity (Wildman–Crippen MR) is 79.3 cm³/mol. The minimum absolute atomic E-state index is 0.244. The second-order valence-electron chi connectivity index (χ2n) is 4.66. The van der Waals surface area contributed by atoms with Gasteiger partial charge in [0.05, 0.1) is 0 Å². The van der Waals surface area contributed by atoms with Crippen molar-refractivity contribution in [3.05, 3.63) is 71.8 Å². The highest BCUT2D eigenvalue weighted by molar-refractivity contribution is 5.32. The number of aliphatic hydroxyl groups is 1. The molecule has 2 nitrogen and oxygen atoms in total. The van der Waals surface area contributed by atoms with E-state index in [4.69, 9.17) is 5.11 Å². The highest BCUT2D eigenvalue weighted by Crippen LogP contribution is 2.23. The molecule has 0 saturated heterocycles. The molecule has 0 atom stereocenters. The van der Waals surface area contributed by atoms with Crippen molar-refractivity contribution in [2.24, 2.45) is 0 Å². The average Bonchev–Trinajstić information content (AvgIpc) is 2.49. The smallest absolute Gasteiger partial charge is 0.0443 e. The summed E-state index contributed by atoms with van der Waals surface area (Å²) in [7, 11) is 0. The van der Waals surface area contributed by atoms with Gasteiger partial charge in [-0.15, -0.1) is 0 Å². The van der Waals surface area contributed by atoms with E-state index in [1.165, 1.54) is 11.1 Å². The first kappa shape index (κ1) is 13.8. The fourth-order valence-electron chi connectivity index (χ4n) is 2.25. The molecule has 0 radical (unpaired) electrons. The third-order valence-corrected chi connectivity index (χ3v) is 3.26. The third-order valence-electron chi connectivity index (χ3n) is 3.26. The highest BCUT2D eigenvalue weighted by atomic mass is 16.3. The summed E-state index contributed by atoms with van der Waals surface area (Å²) in [5.74, 6) is 0.362. The third kappa shape index (κ3) is 4.19. The Morgan fingerprint density at radius 2 is 1.37 bits per heavy atom. The van der Waals surface area contributed by atoms with Crippen LogP contribution >= 0.6 is 0 Å². The molecule has 0 aliphatic heterocycles. The largest absolute Gasteiger partial charge is 0.396 e. The van der Waals surface area contributed by atoms with Gasteiger partial charge < -0.3 is 10.4 Å². The zero-order valence-corrected chi connectivity index (χ0v) is 11.1. The maximum Gasteiger partial charge on any atom is 0.0443 e. The van der Waals surface area contributed by atoms with E-state index < -0.39 is 0 Å². The molecule has 0 bridgehead atoms. The van der Waals surface area contributed by atoms with E-state index in [9.17, 15) is 0 Å². The lowest BCUT2D eigenvalue weighted by Gasteiger charge is -2.18. The van der Waals surface area contributed by atoms with Gasteiger partial charge in [-0.3, -0.25) is 0 Å². The van der Waals surface area contributed by atoms with Gasteiger partial charge in [-0.05, 0) is 24.1 Å². The van der Waals surface area contributed by atoms with Crippen LogP contribution in [0.2, 0.25) is 0 Å². The lowest BCUT2D eigenvalue weighted by molar-refractivity contribution is 0.286. The SMILES string of the molecule is OCCCNCC(c1ccccc1)c1ccccc1. The number of rotatable bonds is 7. The summed E-state index contributed by atoms with van der Waals surface area (Å²) in [6.45, 7) is 2.00. The van der Waals surface area contributed by atoms with Gasteiger partial charge in [0.2, 0.25) is 0 Å². The van der Waals surface area contributed by atoms with Crippen LogP contribution in [0.5, 0.6) is 0 Å². The van der Waals surface area contributed by atoms with E-state index in [0.717, 1.165) is 19.5 Å². The van der Waals surface area contributed by atoms with E-state index in [0.29, 0.717) is 5.92 Å². The number of benzene rings is 2. The lowest BCUT2D eigenvalue weighted by atomic mass is 9.91. The number of aliphatic hydroxyl groups excluding tert-OH is 1. The van der Waals surface area contributed by atoms with Crippen molar-refractivity contribution in [2.45, 2.75) is 12.3 Å². The zero-order chi connectivity index (χ0) is 13.3. The van der Waals surface area contributed by atoms with Gasteiger partial charge in [0.15, 0.2) is 0 Å². The van der Waals surface area contributed by atoms with Crippen molar-refractivity contribution >= 4 is 0 Å². The van der Waals surface area contributed by atoms with Crippen molar-refractivity contribution in [1.82, 2.24) is 5.32 Å². The van der Waals surface area contributed by atoms with Crippen LogP contribution in [0.25, 0.3) is 0 Å². The molecular weight excluding hydrogens is 234 g/mol. The van der Waals surface area contributed by atoms with Crippen LogP contribution in [0.1, 0.15) is 23.5 Å². The molecule has 2 rings (SSSR count). The van der Waals surface area contributed by atoms with Crippen LogP contribution in [-0.4, -0.2) is 24.8 Å². The molecule has 2 aromatic rings. The molecule has 19 heavy (non-hydrogen) atoms. The van der Waals surface area contributed by atoms with Crippen molar-refractivity contribution < 1.29 is 5.11 Å². The Hall–Kier alpha value is -1.64. The van der Waals surface area contributed by atoms with Crippen molar-refractivity contribution in [3.63, 3.8) is 0 Å². The van der Waals surface area contributed by atoms with Gasteiger partial charge >= 0.3 is 0 Å². The van der Waals surface area contributed by atoms with Crippen molar-refractivity contribution in [1.29, 1.82) is 0 Å². The topological polar surface area (TPSA) is 32.3 Å². The number of hydrogen-bond donors (Lipinski definition) is 2. The average molecular weight is 255 g/mol. The summed E-state index contributed by atoms with van der Waals surface area (Å²) in [6, 6.07) is 21.1. The van der Waals surface area contributed by atoms with E-state index in [1.807, 2.05) is 12.1 Å². The molecule has 0 fully saturated rings. The van der Waals surface area contributed by atoms with Crippen LogP contribution in [0.15, 0.2) is 60.7 Å². The van der Waals surface area contributed by atoms with Crippen LogP contribution < -0.4 is 5.32 Å². The van der Waals surface area contributed by atoms with Gasteiger partial charge in [0.25, 0.3) is 0 Å². The molecule has 0 aromatic heterocycles. The summed E-state index contributed by atoms with van der Waals surface area (Å²) in [6.07, 6.45) is 0.802. The van der Waals surface area contributed by atoms with E-state index >= 15 is 0 Å². The van der Waals surface area contributed by atoms with E-state index in [2.05, 4.69) is 53.8 Å². The normalized spacial score (nSPS) is 10.8. The van der Waals surface area contributed by atoms with Gasteiger partial charge in [-0.1, -0.05) is 60.7 Å². The molecule has 0 spiro atoms. The minimum atomic E-state index is 0.244. The maximum atomic E-state index is 8.83. The predicted octanol–water partition coefficient (Wildman–Crippen LogP) is 2.79. The molecule has 2 aromatic carbocycles. The second kappa shape index (κ2) is 7.72. The Labute approximate surface area is 115 Å². The molecule has 0 unspecified atom stereocenters. The Kier molecular flexibility index (Phi) is 5.60. The molecule has 100 valence electrons.